The number of amides is 1. The summed E-state index contributed by atoms with van der Waals surface area (Å²) < 4.78 is 40.1. The van der Waals surface area contributed by atoms with Gasteiger partial charge in [0.05, 0.1) is 7.11 Å². The molecule has 0 unspecified atom stereocenters. The Morgan fingerprint density at radius 1 is 1.16 bits per heavy atom. The van der Waals surface area contributed by atoms with Crippen molar-refractivity contribution in [3.8, 4) is 22.8 Å². The Morgan fingerprint density at radius 3 is 2.55 bits per heavy atom. The summed E-state index contributed by atoms with van der Waals surface area (Å²) in [6, 6.07) is 14.2. The molecule has 0 N–H and O–H groups in total. The van der Waals surface area contributed by atoms with E-state index in [9.17, 15) is 13.6 Å². The van der Waals surface area contributed by atoms with Crippen molar-refractivity contribution in [1.82, 2.24) is 10.1 Å². The van der Waals surface area contributed by atoms with Crippen LogP contribution in [0.3, 0.4) is 0 Å². The fraction of sp³-hybridized carbons (Fsp3) is 0.304. The number of hydrogen-bond donors (Lipinski definition) is 0. The van der Waals surface area contributed by atoms with Crippen LogP contribution in [0.25, 0.3) is 11.3 Å². The number of benzene rings is 2. The van der Waals surface area contributed by atoms with Crippen molar-refractivity contribution in [1.29, 1.82) is 0 Å². The van der Waals surface area contributed by atoms with Crippen LogP contribution in [-0.2, 0) is 6.54 Å². The van der Waals surface area contributed by atoms with E-state index in [-0.39, 0.29) is 35.8 Å². The SMILES string of the molecule is COc1cc(CN(C(=O)c2cc(-c3ccc(C)cc3)no2)C2CC2)ccc1OC(F)F. The summed E-state index contributed by atoms with van der Waals surface area (Å²) >= 11 is 0. The van der Waals surface area contributed by atoms with Crippen molar-refractivity contribution in [2.24, 2.45) is 0 Å². The number of carbonyl (C=O) groups excluding carboxylic acids is 1. The minimum absolute atomic E-state index is 0.0523. The molecule has 2 aromatic carbocycles. The zero-order valence-electron chi connectivity index (χ0n) is 17.2. The zero-order chi connectivity index (χ0) is 22.0. The Hall–Kier alpha value is -3.42. The van der Waals surface area contributed by atoms with Gasteiger partial charge in [-0.2, -0.15) is 8.78 Å². The van der Waals surface area contributed by atoms with Gasteiger partial charge in [-0.1, -0.05) is 41.1 Å². The van der Waals surface area contributed by atoms with Crippen molar-refractivity contribution in [3.05, 3.63) is 65.4 Å². The molecule has 0 radical (unpaired) electrons. The molecule has 1 aliphatic carbocycles. The average molecular weight is 428 g/mol. The molecule has 4 rings (SSSR count). The molecule has 6 nitrogen and oxygen atoms in total. The third kappa shape index (κ3) is 4.84. The van der Waals surface area contributed by atoms with Gasteiger partial charge in [0.2, 0.25) is 5.76 Å². The van der Waals surface area contributed by atoms with Gasteiger partial charge < -0.3 is 18.9 Å². The van der Waals surface area contributed by atoms with E-state index in [2.05, 4.69) is 9.89 Å². The Balaban J connectivity index is 1.53. The number of ether oxygens (including phenoxy) is 2. The average Bonchev–Trinajstić information content (AvgIpc) is 3.48. The topological polar surface area (TPSA) is 64.8 Å². The second-order valence-corrected chi connectivity index (χ2v) is 7.47. The van der Waals surface area contributed by atoms with E-state index in [1.165, 1.54) is 13.2 Å². The number of carbonyl (C=O) groups is 1. The first-order chi connectivity index (χ1) is 14.9. The van der Waals surface area contributed by atoms with Crippen LogP contribution in [-0.4, -0.2) is 35.7 Å². The molecule has 31 heavy (non-hydrogen) atoms. The van der Waals surface area contributed by atoms with Crippen LogP contribution in [0.1, 0.15) is 34.5 Å². The highest BCUT2D eigenvalue weighted by molar-refractivity contribution is 5.92. The van der Waals surface area contributed by atoms with E-state index in [1.54, 1.807) is 23.1 Å². The molecule has 1 aromatic heterocycles. The first-order valence-corrected chi connectivity index (χ1v) is 9.91. The number of nitrogens with zero attached hydrogens (tertiary/aromatic N) is 2. The number of aromatic nitrogens is 1. The van der Waals surface area contributed by atoms with Gasteiger partial charge in [-0.05, 0) is 37.5 Å². The molecule has 8 heteroatoms. The van der Waals surface area contributed by atoms with Crippen LogP contribution in [0, 0.1) is 6.92 Å². The smallest absolute Gasteiger partial charge is 0.387 e. The first-order valence-electron chi connectivity index (χ1n) is 9.91. The van der Waals surface area contributed by atoms with E-state index in [0.717, 1.165) is 29.5 Å². The van der Waals surface area contributed by atoms with E-state index in [0.29, 0.717) is 5.69 Å². The highest BCUT2D eigenvalue weighted by Gasteiger charge is 2.35. The van der Waals surface area contributed by atoms with E-state index >= 15 is 0 Å². The van der Waals surface area contributed by atoms with Crippen LogP contribution in [0.5, 0.6) is 11.5 Å². The van der Waals surface area contributed by atoms with Crippen molar-refractivity contribution in [2.45, 2.75) is 39.0 Å². The first kappa shape index (κ1) is 20.8. The van der Waals surface area contributed by atoms with Crippen molar-refractivity contribution >= 4 is 5.91 Å². The fourth-order valence-corrected chi connectivity index (χ4v) is 3.33. The molecule has 0 atom stereocenters. The molecule has 1 aliphatic rings. The summed E-state index contributed by atoms with van der Waals surface area (Å²) in [5.74, 6) is 0.0261. The van der Waals surface area contributed by atoms with Crippen LogP contribution < -0.4 is 9.47 Å². The quantitative estimate of drug-likeness (QED) is 0.502. The largest absolute Gasteiger partial charge is 0.493 e. The molecule has 0 spiro atoms. The van der Waals surface area contributed by atoms with Gasteiger partial charge in [0.15, 0.2) is 11.5 Å². The van der Waals surface area contributed by atoms with Gasteiger partial charge in [0.1, 0.15) is 5.69 Å². The molecule has 1 heterocycles. The maximum atomic E-state index is 13.1. The number of rotatable bonds is 8. The summed E-state index contributed by atoms with van der Waals surface area (Å²) in [7, 11) is 1.38. The molecule has 1 saturated carbocycles. The minimum atomic E-state index is -2.95. The number of halogens is 2. The number of hydrogen-bond acceptors (Lipinski definition) is 5. The van der Waals surface area contributed by atoms with E-state index in [4.69, 9.17) is 9.26 Å². The fourth-order valence-electron chi connectivity index (χ4n) is 3.33. The molecule has 0 saturated heterocycles. The maximum Gasteiger partial charge on any atom is 0.387 e. The third-order valence-corrected chi connectivity index (χ3v) is 5.11. The Bertz CT molecular complexity index is 1060. The summed E-state index contributed by atoms with van der Waals surface area (Å²) in [5, 5.41) is 4.04. The molecular weight excluding hydrogens is 406 g/mol. The van der Waals surface area contributed by atoms with Gasteiger partial charge >= 0.3 is 6.61 Å². The van der Waals surface area contributed by atoms with Gasteiger partial charge in [-0.3, -0.25) is 4.79 Å². The molecule has 162 valence electrons. The lowest BCUT2D eigenvalue weighted by molar-refractivity contribution is -0.0512. The summed E-state index contributed by atoms with van der Waals surface area (Å²) in [6.45, 7) is -0.663. The van der Waals surface area contributed by atoms with Crippen molar-refractivity contribution < 1.29 is 27.6 Å². The minimum Gasteiger partial charge on any atom is -0.493 e. The molecular formula is C23H22F2N2O4. The predicted molar refractivity (Wildman–Crippen MR) is 109 cm³/mol. The van der Waals surface area contributed by atoms with Gasteiger partial charge in [0.25, 0.3) is 5.91 Å². The van der Waals surface area contributed by atoms with Crippen LogP contribution in [0.4, 0.5) is 8.78 Å². The second-order valence-electron chi connectivity index (χ2n) is 7.47. The molecule has 1 amide bonds. The van der Waals surface area contributed by atoms with Crippen molar-refractivity contribution in [3.63, 3.8) is 0 Å². The number of aryl methyl sites for hydroxylation is 1. The van der Waals surface area contributed by atoms with Gasteiger partial charge in [0, 0.05) is 24.2 Å². The Kier molecular flexibility index (Phi) is 5.88. The summed E-state index contributed by atoms with van der Waals surface area (Å²) in [5.41, 5.74) is 3.32. The molecule has 1 fully saturated rings. The highest BCUT2D eigenvalue weighted by atomic mass is 19.3. The second kappa shape index (κ2) is 8.75. The number of alkyl halides is 2. The molecule has 0 bridgehead atoms. The monoisotopic (exact) mass is 428 g/mol. The normalized spacial score (nSPS) is 13.3. The van der Waals surface area contributed by atoms with Crippen LogP contribution >= 0.6 is 0 Å². The van der Waals surface area contributed by atoms with Gasteiger partial charge in [-0.25, -0.2) is 0 Å². The maximum absolute atomic E-state index is 13.1. The lowest BCUT2D eigenvalue weighted by Gasteiger charge is -2.21. The predicted octanol–water partition coefficient (Wildman–Crippen LogP) is 5.06. The van der Waals surface area contributed by atoms with Crippen molar-refractivity contribution in [2.75, 3.05) is 7.11 Å². The molecule has 3 aromatic rings. The lowest BCUT2D eigenvalue weighted by atomic mass is 10.1. The van der Waals surface area contributed by atoms with Crippen LogP contribution in [0.2, 0.25) is 0 Å². The Labute approximate surface area is 178 Å². The highest BCUT2D eigenvalue weighted by Crippen LogP contribution is 2.34. The molecule has 0 aliphatic heterocycles. The zero-order valence-corrected chi connectivity index (χ0v) is 17.2. The van der Waals surface area contributed by atoms with E-state index in [1.807, 2.05) is 31.2 Å². The number of methoxy groups -OCH3 is 1. The van der Waals surface area contributed by atoms with Gasteiger partial charge in [-0.15, -0.1) is 0 Å². The van der Waals surface area contributed by atoms with E-state index < -0.39 is 6.61 Å². The third-order valence-electron chi connectivity index (χ3n) is 5.11. The summed E-state index contributed by atoms with van der Waals surface area (Å²) in [6.07, 6.45) is 1.79. The summed E-state index contributed by atoms with van der Waals surface area (Å²) in [4.78, 5) is 14.8. The Morgan fingerprint density at radius 2 is 1.90 bits per heavy atom. The standard InChI is InChI=1S/C23H22F2N2O4/c1-14-3-6-16(7-4-14)18-12-21(31-26-18)22(28)27(17-8-9-17)13-15-5-10-19(30-23(24)25)20(11-15)29-2/h3-7,10-12,17,23H,8-9,13H2,1-2H3. The van der Waals surface area contributed by atoms with Crippen LogP contribution in [0.15, 0.2) is 53.1 Å². The lowest BCUT2D eigenvalue weighted by Crippen LogP contribution is -2.32.